The third-order valence-electron chi connectivity index (χ3n) is 4.37. The maximum atomic E-state index is 12.3. The molecule has 28 heavy (non-hydrogen) atoms. The van der Waals surface area contributed by atoms with Gasteiger partial charge in [-0.05, 0) is 49.2 Å². The number of nitrogens with two attached hydrogens (primary N) is 1. The number of fused-ring (bicyclic) bond motifs is 1. The predicted molar refractivity (Wildman–Crippen MR) is 108 cm³/mol. The number of carbonyl (C=O) groups excluding carboxylic acids is 1. The summed E-state index contributed by atoms with van der Waals surface area (Å²) in [4.78, 5) is 16.4. The van der Waals surface area contributed by atoms with Crippen LogP contribution >= 0.6 is 23.2 Å². The van der Waals surface area contributed by atoms with Gasteiger partial charge in [0.25, 0.3) is 0 Å². The number of esters is 1. The van der Waals surface area contributed by atoms with Gasteiger partial charge in [-0.25, -0.2) is 23.3 Å². The minimum atomic E-state index is -4.07. The van der Waals surface area contributed by atoms with Crippen molar-refractivity contribution in [1.82, 2.24) is 4.98 Å². The van der Waals surface area contributed by atoms with E-state index >= 15 is 0 Å². The summed E-state index contributed by atoms with van der Waals surface area (Å²) >= 11 is 12.1. The van der Waals surface area contributed by atoms with Crippen LogP contribution in [0.2, 0.25) is 10.2 Å². The number of aromatic nitrogens is 1. The van der Waals surface area contributed by atoms with E-state index in [1.54, 1.807) is 0 Å². The fourth-order valence-corrected chi connectivity index (χ4v) is 3.95. The summed E-state index contributed by atoms with van der Waals surface area (Å²) in [5, 5.41) is 6.13. The lowest BCUT2D eigenvalue weighted by molar-refractivity contribution is 0.0472. The summed E-state index contributed by atoms with van der Waals surface area (Å²) in [6.07, 6.45) is 0. The van der Waals surface area contributed by atoms with Crippen molar-refractivity contribution in [2.45, 2.75) is 25.3 Å². The molecule has 0 spiro atoms. The lowest BCUT2D eigenvalue weighted by Crippen LogP contribution is -2.14. The summed E-state index contributed by atoms with van der Waals surface area (Å²) in [5.74, 6) is -0.738. The van der Waals surface area contributed by atoms with Gasteiger partial charge in [-0.15, -0.1) is 0 Å². The van der Waals surface area contributed by atoms with Crippen LogP contribution in [0.3, 0.4) is 0 Å². The molecule has 0 unspecified atom stereocenters. The Labute approximate surface area is 172 Å². The van der Waals surface area contributed by atoms with E-state index in [1.807, 2.05) is 32.0 Å². The highest BCUT2D eigenvalue weighted by molar-refractivity contribution is 7.89. The molecule has 146 valence electrons. The SMILES string of the molecule is Cc1ccc2cc(COC(=O)c3ccc(Cl)c(S(N)(=O)=O)c3)c(Cl)nc2c1C. The zero-order valence-corrected chi connectivity index (χ0v) is 17.3. The zero-order valence-electron chi connectivity index (χ0n) is 15.0. The first kappa shape index (κ1) is 20.5. The van der Waals surface area contributed by atoms with Crippen LogP contribution in [0, 0.1) is 13.8 Å². The second-order valence-corrected chi connectivity index (χ2v) is 8.58. The van der Waals surface area contributed by atoms with E-state index in [2.05, 4.69) is 4.98 Å². The molecule has 0 fully saturated rings. The highest BCUT2D eigenvalue weighted by Gasteiger charge is 2.18. The van der Waals surface area contributed by atoms with E-state index in [4.69, 9.17) is 33.1 Å². The predicted octanol–water partition coefficient (Wildman–Crippen LogP) is 4.16. The number of ether oxygens (including phenoxy) is 1. The Kier molecular flexibility index (Phi) is 5.63. The molecule has 0 aliphatic rings. The Bertz CT molecular complexity index is 1210. The fourth-order valence-electron chi connectivity index (χ4n) is 2.68. The fraction of sp³-hybridized carbons (Fsp3) is 0.158. The van der Waals surface area contributed by atoms with E-state index in [0.717, 1.165) is 28.1 Å². The third kappa shape index (κ3) is 4.12. The Morgan fingerprint density at radius 3 is 2.54 bits per heavy atom. The van der Waals surface area contributed by atoms with Gasteiger partial charge in [0.05, 0.1) is 16.1 Å². The van der Waals surface area contributed by atoms with Crippen LogP contribution < -0.4 is 5.14 Å². The second kappa shape index (κ2) is 7.67. The number of primary sulfonamides is 1. The molecule has 0 bridgehead atoms. The molecule has 9 heteroatoms. The summed E-state index contributed by atoms with van der Waals surface area (Å²) in [6.45, 7) is 3.83. The molecule has 0 saturated heterocycles. The standard InChI is InChI=1S/C19H16Cl2N2O4S/c1-10-3-4-12-7-14(18(21)23-17(12)11(10)2)9-27-19(24)13-5-6-15(20)16(8-13)28(22,25)26/h3-8H,9H2,1-2H3,(H2,22,25,26). The van der Waals surface area contributed by atoms with Crippen LogP contribution in [0.1, 0.15) is 27.0 Å². The van der Waals surface area contributed by atoms with Gasteiger partial charge in [0, 0.05) is 10.9 Å². The number of aryl methyl sites for hydroxylation is 2. The van der Waals surface area contributed by atoms with Crippen molar-refractivity contribution < 1.29 is 17.9 Å². The van der Waals surface area contributed by atoms with Gasteiger partial charge in [-0.1, -0.05) is 35.3 Å². The molecule has 0 radical (unpaired) electrons. The van der Waals surface area contributed by atoms with Crippen molar-refractivity contribution in [1.29, 1.82) is 0 Å². The summed E-state index contributed by atoms with van der Waals surface area (Å²) in [5.41, 5.74) is 3.45. The lowest BCUT2D eigenvalue weighted by atomic mass is 10.0. The molecule has 0 aliphatic carbocycles. The van der Waals surface area contributed by atoms with Crippen LogP contribution in [0.25, 0.3) is 10.9 Å². The zero-order chi connectivity index (χ0) is 20.6. The minimum Gasteiger partial charge on any atom is -0.457 e. The van der Waals surface area contributed by atoms with Crippen molar-refractivity contribution in [2.75, 3.05) is 0 Å². The first-order chi connectivity index (χ1) is 13.1. The number of hydrogen-bond donors (Lipinski definition) is 1. The number of sulfonamides is 1. The molecule has 1 aromatic heterocycles. The van der Waals surface area contributed by atoms with Gasteiger partial charge in [0.15, 0.2) is 0 Å². The van der Waals surface area contributed by atoms with E-state index in [0.29, 0.717) is 5.56 Å². The van der Waals surface area contributed by atoms with Gasteiger partial charge in [-0.2, -0.15) is 0 Å². The molecule has 0 aliphatic heterocycles. The number of nitrogens with zero attached hydrogens (tertiary/aromatic N) is 1. The normalized spacial score (nSPS) is 11.6. The number of hydrogen-bond acceptors (Lipinski definition) is 5. The van der Waals surface area contributed by atoms with Crippen molar-refractivity contribution in [3.05, 3.63) is 68.8 Å². The van der Waals surface area contributed by atoms with Gasteiger partial charge < -0.3 is 4.74 Å². The molecule has 1 heterocycles. The smallest absolute Gasteiger partial charge is 0.338 e. The largest absolute Gasteiger partial charge is 0.457 e. The Hall–Kier alpha value is -2.19. The minimum absolute atomic E-state index is 0.00441. The Morgan fingerprint density at radius 1 is 1.14 bits per heavy atom. The third-order valence-corrected chi connectivity index (χ3v) is 6.09. The van der Waals surface area contributed by atoms with Crippen molar-refractivity contribution in [2.24, 2.45) is 5.14 Å². The number of rotatable bonds is 4. The average molecular weight is 439 g/mol. The maximum Gasteiger partial charge on any atom is 0.338 e. The number of carbonyl (C=O) groups is 1. The highest BCUT2D eigenvalue weighted by atomic mass is 35.5. The molecular weight excluding hydrogens is 423 g/mol. The van der Waals surface area contributed by atoms with Crippen molar-refractivity contribution in [3.63, 3.8) is 0 Å². The number of halogens is 2. The van der Waals surface area contributed by atoms with Gasteiger partial charge in [0.1, 0.15) is 16.7 Å². The summed E-state index contributed by atoms with van der Waals surface area (Å²) in [7, 11) is -4.07. The van der Waals surface area contributed by atoms with E-state index in [9.17, 15) is 13.2 Å². The van der Waals surface area contributed by atoms with Crippen molar-refractivity contribution >= 4 is 50.1 Å². The Balaban J connectivity index is 1.85. The molecule has 0 atom stereocenters. The number of pyridine rings is 1. The molecular formula is C19H16Cl2N2O4S. The van der Waals surface area contributed by atoms with Crippen LogP contribution in [0.15, 0.2) is 41.3 Å². The maximum absolute atomic E-state index is 12.3. The molecule has 6 nitrogen and oxygen atoms in total. The monoisotopic (exact) mass is 438 g/mol. The first-order valence-electron chi connectivity index (χ1n) is 8.12. The van der Waals surface area contributed by atoms with Gasteiger partial charge in [0.2, 0.25) is 10.0 Å². The van der Waals surface area contributed by atoms with E-state index < -0.39 is 16.0 Å². The van der Waals surface area contributed by atoms with Crippen molar-refractivity contribution in [3.8, 4) is 0 Å². The van der Waals surface area contributed by atoms with Gasteiger partial charge in [-0.3, -0.25) is 0 Å². The summed E-state index contributed by atoms with van der Waals surface area (Å²) in [6, 6.07) is 9.41. The lowest BCUT2D eigenvalue weighted by Gasteiger charge is -2.11. The molecule has 0 amide bonds. The van der Waals surface area contributed by atoms with E-state index in [-0.39, 0.29) is 27.2 Å². The average Bonchev–Trinajstić information content (AvgIpc) is 2.63. The second-order valence-electron chi connectivity index (χ2n) is 6.28. The highest BCUT2D eigenvalue weighted by Crippen LogP contribution is 2.26. The van der Waals surface area contributed by atoms with Gasteiger partial charge >= 0.3 is 5.97 Å². The van der Waals surface area contributed by atoms with E-state index in [1.165, 1.54) is 12.1 Å². The first-order valence-corrected chi connectivity index (χ1v) is 10.4. The molecule has 3 aromatic rings. The molecule has 0 saturated carbocycles. The number of benzene rings is 2. The molecule has 2 N–H and O–H groups in total. The quantitative estimate of drug-likeness (QED) is 0.486. The molecule has 2 aromatic carbocycles. The Morgan fingerprint density at radius 2 is 1.86 bits per heavy atom. The van der Waals surface area contributed by atoms with Crippen LogP contribution in [-0.4, -0.2) is 19.4 Å². The topological polar surface area (TPSA) is 99.4 Å². The van der Waals surface area contributed by atoms with Crippen LogP contribution in [-0.2, 0) is 21.4 Å². The molecule has 3 rings (SSSR count). The summed E-state index contributed by atoms with van der Waals surface area (Å²) < 4.78 is 28.4. The van der Waals surface area contributed by atoms with Crippen LogP contribution in [0.4, 0.5) is 0 Å². The van der Waals surface area contributed by atoms with Crippen LogP contribution in [0.5, 0.6) is 0 Å².